The van der Waals surface area contributed by atoms with E-state index in [2.05, 4.69) is 16.0 Å². The molecule has 0 aromatic carbocycles. The van der Waals surface area contributed by atoms with E-state index in [0.717, 1.165) is 35.6 Å². The Kier molecular flexibility index (Phi) is 4.94. The van der Waals surface area contributed by atoms with Crippen molar-refractivity contribution in [2.24, 2.45) is 5.73 Å². The molecule has 1 saturated carbocycles. The fourth-order valence-electron chi connectivity index (χ4n) is 2.78. The summed E-state index contributed by atoms with van der Waals surface area (Å²) in [5.41, 5.74) is 9.74. The molecule has 20 heavy (non-hydrogen) atoms. The van der Waals surface area contributed by atoms with Crippen molar-refractivity contribution in [2.45, 2.75) is 45.6 Å². The number of hydrogen-bond acceptors (Lipinski definition) is 4. The van der Waals surface area contributed by atoms with Gasteiger partial charge in [0.25, 0.3) is 0 Å². The Hall–Kier alpha value is -1.20. The van der Waals surface area contributed by atoms with Crippen molar-refractivity contribution in [3.63, 3.8) is 0 Å². The molecule has 0 atom stereocenters. The van der Waals surface area contributed by atoms with Crippen LogP contribution in [0, 0.1) is 13.8 Å². The van der Waals surface area contributed by atoms with Gasteiger partial charge in [-0.2, -0.15) is 0 Å². The van der Waals surface area contributed by atoms with Gasteiger partial charge in [0, 0.05) is 30.6 Å². The van der Waals surface area contributed by atoms with Crippen molar-refractivity contribution in [2.75, 3.05) is 18.1 Å². The van der Waals surface area contributed by atoms with Crippen molar-refractivity contribution in [3.8, 4) is 0 Å². The molecule has 1 aliphatic rings. The van der Waals surface area contributed by atoms with Gasteiger partial charge < -0.3 is 15.7 Å². The summed E-state index contributed by atoms with van der Waals surface area (Å²) in [6.45, 7) is 4.98. The van der Waals surface area contributed by atoms with Crippen LogP contribution in [0.2, 0.25) is 0 Å². The number of thiocarbonyl (C=S) groups is 1. The summed E-state index contributed by atoms with van der Waals surface area (Å²) < 4.78 is 0. The number of aliphatic hydroxyl groups is 1. The second-order valence-electron chi connectivity index (χ2n) is 5.46. The third-order valence-electron chi connectivity index (χ3n) is 3.94. The van der Waals surface area contributed by atoms with Crippen molar-refractivity contribution in [1.82, 2.24) is 4.98 Å². The molecule has 1 heterocycles. The van der Waals surface area contributed by atoms with E-state index in [-0.39, 0.29) is 6.61 Å². The van der Waals surface area contributed by atoms with Gasteiger partial charge >= 0.3 is 0 Å². The number of aromatic nitrogens is 1. The molecular weight excluding hydrogens is 270 g/mol. The third kappa shape index (κ3) is 3.10. The molecule has 0 bridgehead atoms. The van der Waals surface area contributed by atoms with Gasteiger partial charge in [-0.15, -0.1) is 0 Å². The van der Waals surface area contributed by atoms with E-state index in [1.54, 1.807) is 0 Å². The summed E-state index contributed by atoms with van der Waals surface area (Å²) in [6, 6.07) is 2.60. The number of hydrogen-bond donors (Lipinski definition) is 2. The van der Waals surface area contributed by atoms with Crippen LogP contribution in [-0.4, -0.2) is 34.3 Å². The Morgan fingerprint density at radius 1 is 1.50 bits per heavy atom. The lowest BCUT2D eigenvalue weighted by molar-refractivity contribution is 0.283. The predicted octanol–water partition coefficient (Wildman–Crippen LogP) is 2.07. The van der Waals surface area contributed by atoms with E-state index in [1.165, 1.54) is 19.3 Å². The first-order valence-corrected chi connectivity index (χ1v) is 7.61. The van der Waals surface area contributed by atoms with Gasteiger partial charge in [0.1, 0.15) is 4.99 Å². The molecule has 110 valence electrons. The van der Waals surface area contributed by atoms with Crippen LogP contribution in [0.4, 0.5) is 5.69 Å². The lowest BCUT2D eigenvalue weighted by atomic mass is 9.90. The van der Waals surface area contributed by atoms with E-state index in [9.17, 15) is 0 Å². The van der Waals surface area contributed by atoms with Crippen LogP contribution in [0.3, 0.4) is 0 Å². The minimum absolute atomic E-state index is 0.203. The van der Waals surface area contributed by atoms with Crippen LogP contribution in [0.5, 0.6) is 0 Å². The molecule has 0 unspecified atom stereocenters. The Morgan fingerprint density at radius 3 is 2.70 bits per heavy atom. The van der Waals surface area contributed by atoms with Crippen LogP contribution in [0.15, 0.2) is 6.07 Å². The number of pyridine rings is 1. The number of aryl methyl sites for hydroxylation is 2. The van der Waals surface area contributed by atoms with Crippen LogP contribution < -0.4 is 10.6 Å². The van der Waals surface area contributed by atoms with E-state index in [1.807, 2.05) is 13.8 Å². The fourth-order valence-corrected chi connectivity index (χ4v) is 3.03. The summed E-state index contributed by atoms with van der Waals surface area (Å²) in [6.07, 6.45) is 4.42. The molecule has 1 aliphatic carbocycles. The van der Waals surface area contributed by atoms with Crippen molar-refractivity contribution in [1.29, 1.82) is 0 Å². The predicted molar refractivity (Wildman–Crippen MR) is 86.3 cm³/mol. The van der Waals surface area contributed by atoms with Gasteiger partial charge in [-0.1, -0.05) is 12.2 Å². The van der Waals surface area contributed by atoms with Crippen LogP contribution in [0.25, 0.3) is 0 Å². The van der Waals surface area contributed by atoms with Gasteiger partial charge in [-0.3, -0.25) is 4.98 Å². The maximum Gasteiger partial charge on any atom is 0.107 e. The van der Waals surface area contributed by atoms with E-state index >= 15 is 0 Å². The highest BCUT2D eigenvalue weighted by atomic mass is 32.1. The Morgan fingerprint density at radius 2 is 2.20 bits per heavy atom. The number of nitrogens with zero attached hydrogens (tertiary/aromatic N) is 2. The van der Waals surface area contributed by atoms with Crippen LogP contribution in [0.1, 0.15) is 42.6 Å². The average molecular weight is 293 g/mol. The summed E-state index contributed by atoms with van der Waals surface area (Å²) in [5.74, 6) is 0. The van der Waals surface area contributed by atoms with Gasteiger partial charge in [-0.25, -0.2) is 0 Å². The Bertz CT molecular complexity index is 500. The zero-order valence-electron chi connectivity index (χ0n) is 12.2. The monoisotopic (exact) mass is 293 g/mol. The number of nitrogens with two attached hydrogens (primary N) is 1. The molecule has 0 aliphatic heterocycles. The molecule has 2 rings (SSSR count). The standard InChI is InChI=1S/C15H23N3OS/c1-10-9-13(14(15(16)20)11(2)17-10)18(7-4-8-19)12-5-3-6-12/h9,12,19H,3-8H2,1-2H3,(H2,16,20). The van der Waals surface area contributed by atoms with Gasteiger partial charge in [0.05, 0.1) is 11.3 Å². The zero-order valence-corrected chi connectivity index (χ0v) is 13.0. The molecule has 1 fully saturated rings. The Balaban J connectivity index is 2.42. The molecule has 1 aromatic heterocycles. The lowest BCUT2D eigenvalue weighted by Crippen LogP contribution is -2.42. The van der Waals surface area contributed by atoms with Crippen molar-refractivity contribution >= 4 is 22.9 Å². The smallest absolute Gasteiger partial charge is 0.107 e. The minimum atomic E-state index is 0.203. The second-order valence-corrected chi connectivity index (χ2v) is 5.90. The minimum Gasteiger partial charge on any atom is -0.396 e. The molecule has 0 spiro atoms. The second kappa shape index (κ2) is 6.50. The zero-order chi connectivity index (χ0) is 14.7. The van der Waals surface area contributed by atoms with Gasteiger partial charge in [0.2, 0.25) is 0 Å². The fraction of sp³-hybridized carbons (Fsp3) is 0.600. The van der Waals surface area contributed by atoms with E-state index < -0.39 is 0 Å². The van der Waals surface area contributed by atoms with Gasteiger partial charge in [0.15, 0.2) is 0 Å². The molecule has 3 N–H and O–H groups in total. The molecule has 0 amide bonds. The third-order valence-corrected chi connectivity index (χ3v) is 4.14. The number of anilines is 1. The maximum absolute atomic E-state index is 9.13. The highest BCUT2D eigenvalue weighted by molar-refractivity contribution is 7.80. The molecule has 0 saturated heterocycles. The first kappa shape index (κ1) is 15.2. The first-order valence-electron chi connectivity index (χ1n) is 7.20. The first-order chi connectivity index (χ1) is 9.54. The number of aliphatic hydroxyl groups excluding tert-OH is 1. The summed E-state index contributed by atoms with van der Waals surface area (Å²) >= 11 is 5.21. The summed E-state index contributed by atoms with van der Waals surface area (Å²) in [7, 11) is 0. The highest BCUT2D eigenvalue weighted by Gasteiger charge is 2.27. The molecule has 1 aromatic rings. The Labute approximate surface area is 126 Å². The summed E-state index contributed by atoms with van der Waals surface area (Å²) in [5, 5.41) is 9.13. The normalized spacial score (nSPS) is 14.9. The van der Waals surface area contributed by atoms with E-state index in [4.69, 9.17) is 23.1 Å². The molecule has 4 nitrogen and oxygen atoms in total. The van der Waals surface area contributed by atoms with Gasteiger partial charge in [-0.05, 0) is 45.6 Å². The SMILES string of the molecule is Cc1cc(N(CCCO)C2CCC2)c(C(N)=S)c(C)n1. The molecule has 0 radical (unpaired) electrons. The summed E-state index contributed by atoms with van der Waals surface area (Å²) in [4.78, 5) is 7.24. The van der Waals surface area contributed by atoms with Crippen LogP contribution >= 0.6 is 12.2 Å². The van der Waals surface area contributed by atoms with Crippen molar-refractivity contribution in [3.05, 3.63) is 23.0 Å². The topological polar surface area (TPSA) is 62.4 Å². The largest absolute Gasteiger partial charge is 0.396 e. The number of rotatable bonds is 6. The molecule has 5 heteroatoms. The lowest BCUT2D eigenvalue weighted by Gasteiger charge is -2.40. The van der Waals surface area contributed by atoms with E-state index in [0.29, 0.717) is 11.0 Å². The van der Waals surface area contributed by atoms with Crippen LogP contribution in [-0.2, 0) is 0 Å². The van der Waals surface area contributed by atoms with Crippen molar-refractivity contribution < 1.29 is 5.11 Å². The quantitative estimate of drug-likeness (QED) is 0.786. The molecular formula is C15H23N3OS. The average Bonchev–Trinajstić information content (AvgIpc) is 2.30. The maximum atomic E-state index is 9.13. The highest BCUT2D eigenvalue weighted by Crippen LogP contribution is 2.33.